The fraction of sp³-hybridized carbons (Fsp3) is 0.429. The smallest absolute Gasteiger partial charge is 0.309 e. The van der Waals surface area contributed by atoms with Crippen molar-refractivity contribution in [1.29, 1.82) is 0 Å². The Bertz CT molecular complexity index is 506. The highest BCUT2D eigenvalue weighted by molar-refractivity contribution is 6.35. The SMILES string of the molecule is O=C(NCCCO)C(=O)NC[C@H]1COc2ccccc2O1. The summed E-state index contributed by atoms with van der Waals surface area (Å²) < 4.78 is 11.2. The molecule has 0 spiro atoms. The number of rotatable bonds is 5. The van der Waals surface area contributed by atoms with E-state index in [9.17, 15) is 9.59 Å². The second-order valence-corrected chi connectivity index (χ2v) is 4.54. The Morgan fingerprint density at radius 3 is 2.67 bits per heavy atom. The molecule has 0 bridgehead atoms. The lowest BCUT2D eigenvalue weighted by Crippen LogP contribution is -2.46. The summed E-state index contributed by atoms with van der Waals surface area (Å²) in [6.45, 7) is 0.720. The van der Waals surface area contributed by atoms with Gasteiger partial charge in [0.2, 0.25) is 0 Å². The molecule has 0 fully saturated rings. The number of nitrogens with one attached hydrogen (secondary N) is 2. The largest absolute Gasteiger partial charge is 0.486 e. The molecule has 0 saturated heterocycles. The van der Waals surface area contributed by atoms with Gasteiger partial charge in [-0.15, -0.1) is 0 Å². The third-order valence-electron chi connectivity index (χ3n) is 2.88. The van der Waals surface area contributed by atoms with Crippen LogP contribution in [0.25, 0.3) is 0 Å². The van der Waals surface area contributed by atoms with Crippen LogP contribution in [0.15, 0.2) is 24.3 Å². The Balaban J connectivity index is 1.74. The molecule has 3 N–H and O–H groups in total. The molecule has 1 aromatic carbocycles. The van der Waals surface area contributed by atoms with Crippen LogP contribution in [0.5, 0.6) is 11.5 Å². The van der Waals surface area contributed by atoms with Gasteiger partial charge in [-0.25, -0.2) is 0 Å². The van der Waals surface area contributed by atoms with Crippen molar-refractivity contribution < 1.29 is 24.2 Å². The predicted octanol–water partition coefficient (Wildman–Crippen LogP) is -0.559. The number of benzene rings is 1. The zero-order chi connectivity index (χ0) is 15.1. The monoisotopic (exact) mass is 294 g/mol. The molecule has 1 atom stereocenters. The number of hydrogen-bond acceptors (Lipinski definition) is 5. The van der Waals surface area contributed by atoms with E-state index in [0.29, 0.717) is 24.5 Å². The highest BCUT2D eigenvalue weighted by Crippen LogP contribution is 2.30. The number of carbonyl (C=O) groups is 2. The van der Waals surface area contributed by atoms with E-state index in [0.717, 1.165) is 0 Å². The first-order valence-corrected chi connectivity index (χ1v) is 6.76. The van der Waals surface area contributed by atoms with Crippen LogP contribution in [0.2, 0.25) is 0 Å². The van der Waals surface area contributed by atoms with Crippen LogP contribution in [0.3, 0.4) is 0 Å². The quantitative estimate of drug-likeness (QED) is 0.500. The zero-order valence-electron chi connectivity index (χ0n) is 11.5. The van der Waals surface area contributed by atoms with Crippen LogP contribution in [0, 0.1) is 0 Å². The molecular weight excluding hydrogens is 276 g/mol. The minimum Gasteiger partial charge on any atom is -0.486 e. The molecule has 21 heavy (non-hydrogen) atoms. The molecule has 7 heteroatoms. The van der Waals surface area contributed by atoms with E-state index in [4.69, 9.17) is 14.6 Å². The normalized spacial score (nSPS) is 16.1. The summed E-state index contributed by atoms with van der Waals surface area (Å²) in [5.74, 6) is -0.159. The first-order chi connectivity index (χ1) is 10.2. The third-order valence-corrected chi connectivity index (χ3v) is 2.88. The first kappa shape index (κ1) is 15.1. The van der Waals surface area contributed by atoms with Crippen molar-refractivity contribution in [2.75, 3.05) is 26.3 Å². The number of hydrogen-bond donors (Lipinski definition) is 3. The standard InChI is InChI=1S/C14H18N2O5/c17-7-3-6-15-13(18)14(19)16-8-10-9-20-11-4-1-2-5-12(11)21-10/h1-2,4-5,10,17H,3,6-9H2,(H,15,18)(H,16,19)/t10-/m0/s1. The summed E-state index contributed by atoms with van der Waals surface area (Å²) in [6.07, 6.45) is 0.0733. The number of carbonyl (C=O) groups excluding carboxylic acids is 2. The maximum atomic E-state index is 11.5. The van der Waals surface area contributed by atoms with E-state index in [-0.39, 0.29) is 25.8 Å². The first-order valence-electron chi connectivity index (χ1n) is 6.76. The Morgan fingerprint density at radius 1 is 1.19 bits per heavy atom. The third kappa shape index (κ3) is 4.35. The summed E-state index contributed by atoms with van der Waals surface area (Å²) in [4.78, 5) is 23.0. The van der Waals surface area contributed by atoms with Gasteiger partial charge in [-0.3, -0.25) is 9.59 Å². The van der Waals surface area contributed by atoms with Gasteiger partial charge in [0.1, 0.15) is 12.7 Å². The van der Waals surface area contributed by atoms with Crippen molar-refractivity contribution in [3.8, 4) is 11.5 Å². The van der Waals surface area contributed by atoms with Gasteiger partial charge in [0.05, 0.1) is 6.54 Å². The van der Waals surface area contributed by atoms with Gasteiger partial charge >= 0.3 is 11.8 Å². The predicted molar refractivity (Wildman–Crippen MR) is 74.1 cm³/mol. The molecule has 0 aromatic heterocycles. The van der Waals surface area contributed by atoms with Crippen molar-refractivity contribution >= 4 is 11.8 Å². The van der Waals surface area contributed by atoms with Crippen molar-refractivity contribution in [3.63, 3.8) is 0 Å². The van der Waals surface area contributed by atoms with Crippen LogP contribution in [0.4, 0.5) is 0 Å². The molecule has 1 aliphatic rings. The number of aliphatic hydroxyl groups is 1. The molecule has 0 radical (unpaired) electrons. The molecule has 114 valence electrons. The molecule has 1 heterocycles. The minimum atomic E-state index is -0.726. The highest BCUT2D eigenvalue weighted by atomic mass is 16.6. The fourth-order valence-electron chi connectivity index (χ4n) is 1.81. The molecule has 1 aromatic rings. The van der Waals surface area contributed by atoms with E-state index < -0.39 is 11.8 Å². The van der Waals surface area contributed by atoms with Gasteiger partial charge in [0, 0.05) is 13.2 Å². The maximum absolute atomic E-state index is 11.5. The topological polar surface area (TPSA) is 96.9 Å². The van der Waals surface area contributed by atoms with E-state index in [2.05, 4.69) is 10.6 Å². The van der Waals surface area contributed by atoms with Crippen LogP contribution in [0.1, 0.15) is 6.42 Å². The fourth-order valence-corrected chi connectivity index (χ4v) is 1.81. The average molecular weight is 294 g/mol. The molecule has 0 aliphatic carbocycles. The number of fused-ring (bicyclic) bond motifs is 1. The maximum Gasteiger partial charge on any atom is 0.309 e. The van der Waals surface area contributed by atoms with Gasteiger partial charge in [0.15, 0.2) is 11.5 Å². The lowest BCUT2D eigenvalue weighted by atomic mass is 10.2. The van der Waals surface area contributed by atoms with Crippen molar-refractivity contribution in [2.45, 2.75) is 12.5 Å². The summed E-state index contributed by atoms with van der Waals surface area (Å²) in [5.41, 5.74) is 0. The molecular formula is C14H18N2O5. The molecule has 2 rings (SSSR count). The van der Waals surface area contributed by atoms with Crippen LogP contribution in [-0.2, 0) is 9.59 Å². The Hall–Kier alpha value is -2.28. The Labute approximate surface area is 122 Å². The van der Waals surface area contributed by atoms with Crippen molar-refractivity contribution in [1.82, 2.24) is 10.6 Å². The number of aliphatic hydroxyl groups excluding tert-OH is 1. The minimum absolute atomic E-state index is 0.0332. The summed E-state index contributed by atoms with van der Waals surface area (Å²) in [5, 5.41) is 13.5. The van der Waals surface area contributed by atoms with Crippen LogP contribution < -0.4 is 20.1 Å². The zero-order valence-corrected chi connectivity index (χ0v) is 11.5. The van der Waals surface area contributed by atoms with E-state index >= 15 is 0 Å². The van der Waals surface area contributed by atoms with E-state index in [1.165, 1.54) is 0 Å². The lowest BCUT2D eigenvalue weighted by Gasteiger charge is -2.26. The van der Waals surface area contributed by atoms with Gasteiger partial charge in [-0.1, -0.05) is 12.1 Å². The average Bonchev–Trinajstić information content (AvgIpc) is 2.52. The summed E-state index contributed by atoms with van der Waals surface area (Å²) >= 11 is 0. The second-order valence-electron chi connectivity index (χ2n) is 4.54. The Kier molecular flexibility index (Phi) is 5.39. The lowest BCUT2D eigenvalue weighted by molar-refractivity contribution is -0.139. The molecule has 2 amide bonds. The summed E-state index contributed by atoms with van der Waals surface area (Å²) in [7, 11) is 0. The van der Waals surface area contributed by atoms with Gasteiger partial charge in [-0.2, -0.15) is 0 Å². The highest BCUT2D eigenvalue weighted by Gasteiger charge is 2.22. The van der Waals surface area contributed by atoms with Crippen LogP contribution >= 0.6 is 0 Å². The number of ether oxygens (including phenoxy) is 2. The van der Waals surface area contributed by atoms with Gasteiger partial charge in [-0.05, 0) is 18.6 Å². The van der Waals surface area contributed by atoms with Gasteiger partial charge in [0.25, 0.3) is 0 Å². The molecule has 0 saturated carbocycles. The van der Waals surface area contributed by atoms with E-state index in [1.807, 2.05) is 12.1 Å². The molecule has 0 unspecified atom stereocenters. The second kappa shape index (κ2) is 7.49. The molecule has 7 nitrogen and oxygen atoms in total. The van der Waals surface area contributed by atoms with E-state index in [1.54, 1.807) is 12.1 Å². The number of para-hydroxylation sites is 2. The Morgan fingerprint density at radius 2 is 1.90 bits per heavy atom. The number of amides is 2. The van der Waals surface area contributed by atoms with Crippen LogP contribution in [-0.4, -0.2) is 49.3 Å². The summed E-state index contributed by atoms with van der Waals surface area (Å²) in [6, 6.07) is 7.27. The molecule has 1 aliphatic heterocycles. The van der Waals surface area contributed by atoms with Crippen molar-refractivity contribution in [2.24, 2.45) is 0 Å². The van der Waals surface area contributed by atoms with Gasteiger partial charge < -0.3 is 25.2 Å². The van der Waals surface area contributed by atoms with Crippen molar-refractivity contribution in [3.05, 3.63) is 24.3 Å².